The number of carbonyl (C=O) groups is 1. The Hall–Kier alpha value is -0.570. The van der Waals surface area contributed by atoms with E-state index in [2.05, 4.69) is 13.8 Å². The van der Waals surface area contributed by atoms with Gasteiger partial charge >= 0.3 is 5.97 Å². The molecular formula is C12H25NO2. The van der Waals surface area contributed by atoms with E-state index in [4.69, 9.17) is 10.8 Å². The van der Waals surface area contributed by atoms with E-state index in [-0.39, 0.29) is 12.5 Å². The first-order valence-electron chi connectivity index (χ1n) is 6.04. The molecule has 3 N–H and O–H groups in total. The van der Waals surface area contributed by atoms with Gasteiger partial charge in [-0.2, -0.15) is 0 Å². The number of unbranched alkanes of at least 4 members (excludes halogenated alkanes) is 3. The van der Waals surface area contributed by atoms with Crippen LogP contribution >= 0.6 is 0 Å². The summed E-state index contributed by atoms with van der Waals surface area (Å²) in [6, 6.07) is 0. The van der Waals surface area contributed by atoms with Gasteiger partial charge in [-0.25, -0.2) is 0 Å². The summed E-state index contributed by atoms with van der Waals surface area (Å²) in [5.41, 5.74) is 5.42. The standard InChI is InChI=1S/C12H25NO2/c1-3-4-5-6-7-10(2)8-11(9-13)12(14)15/h10-11H,3-9,13H2,1-2H3,(H,14,15)/t10-,11-/m1/s1. The lowest BCUT2D eigenvalue weighted by Crippen LogP contribution is -2.25. The summed E-state index contributed by atoms with van der Waals surface area (Å²) in [6.07, 6.45) is 6.86. The predicted octanol–water partition coefficient (Wildman–Crippen LogP) is 2.64. The van der Waals surface area contributed by atoms with Gasteiger partial charge < -0.3 is 10.8 Å². The third-order valence-corrected chi connectivity index (χ3v) is 2.87. The molecule has 90 valence electrons. The van der Waals surface area contributed by atoms with E-state index < -0.39 is 5.97 Å². The molecule has 0 saturated carbocycles. The average molecular weight is 215 g/mol. The Labute approximate surface area is 93.0 Å². The van der Waals surface area contributed by atoms with Gasteiger partial charge in [-0.1, -0.05) is 46.0 Å². The summed E-state index contributed by atoms with van der Waals surface area (Å²) in [7, 11) is 0. The Balaban J connectivity index is 3.62. The lowest BCUT2D eigenvalue weighted by molar-refractivity contribution is -0.141. The van der Waals surface area contributed by atoms with Gasteiger partial charge in [0.25, 0.3) is 0 Å². The van der Waals surface area contributed by atoms with Crippen LogP contribution in [0.2, 0.25) is 0 Å². The first-order chi connectivity index (χ1) is 7.11. The zero-order chi connectivity index (χ0) is 11.7. The molecule has 0 rings (SSSR count). The maximum absolute atomic E-state index is 10.8. The van der Waals surface area contributed by atoms with Crippen molar-refractivity contribution in [3.8, 4) is 0 Å². The molecule has 0 aliphatic heterocycles. The van der Waals surface area contributed by atoms with Crippen LogP contribution in [-0.4, -0.2) is 17.6 Å². The molecule has 0 aliphatic rings. The maximum atomic E-state index is 10.8. The second kappa shape index (κ2) is 8.72. The maximum Gasteiger partial charge on any atom is 0.307 e. The molecule has 0 saturated heterocycles. The van der Waals surface area contributed by atoms with Crippen LogP contribution in [-0.2, 0) is 4.79 Å². The molecule has 0 aliphatic carbocycles. The Kier molecular flexibility index (Phi) is 8.38. The Morgan fingerprint density at radius 1 is 1.33 bits per heavy atom. The van der Waals surface area contributed by atoms with Crippen LogP contribution in [0.1, 0.15) is 52.4 Å². The highest BCUT2D eigenvalue weighted by molar-refractivity contribution is 5.70. The highest BCUT2D eigenvalue weighted by Gasteiger charge is 2.18. The fraction of sp³-hybridized carbons (Fsp3) is 0.917. The van der Waals surface area contributed by atoms with Crippen molar-refractivity contribution in [2.24, 2.45) is 17.6 Å². The molecule has 2 atom stereocenters. The molecular weight excluding hydrogens is 190 g/mol. The molecule has 0 fully saturated rings. The highest BCUT2D eigenvalue weighted by Crippen LogP contribution is 2.18. The van der Waals surface area contributed by atoms with E-state index in [1.54, 1.807) is 0 Å². The molecule has 0 aromatic rings. The molecule has 3 heteroatoms. The van der Waals surface area contributed by atoms with Crippen LogP contribution in [0.3, 0.4) is 0 Å². The van der Waals surface area contributed by atoms with E-state index in [1.165, 1.54) is 25.7 Å². The Morgan fingerprint density at radius 2 is 2.00 bits per heavy atom. The fourth-order valence-corrected chi connectivity index (χ4v) is 1.82. The summed E-state index contributed by atoms with van der Waals surface area (Å²) in [5.74, 6) is -0.629. The van der Waals surface area contributed by atoms with Crippen LogP contribution in [0.15, 0.2) is 0 Å². The lowest BCUT2D eigenvalue weighted by atomic mass is 9.91. The summed E-state index contributed by atoms with van der Waals surface area (Å²) >= 11 is 0. The largest absolute Gasteiger partial charge is 0.481 e. The van der Waals surface area contributed by atoms with Crippen LogP contribution in [0.5, 0.6) is 0 Å². The molecule has 0 radical (unpaired) electrons. The third kappa shape index (κ3) is 7.37. The molecule has 3 nitrogen and oxygen atoms in total. The van der Waals surface area contributed by atoms with Crippen molar-refractivity contribution < 1.29 is 9.90 Å². The summed E-state index contributed by atoms with van der Waals surface area (Å²) < 4.78 is 0. The Bertz CT molecular complexity index is 171. The second-order valence-electron chi connectivity index (χ2n) is 4.46. The third-order valence-electron chi connectivity index (χ3n) is 2.87. The summed E-state index contributed by atoms with van der Waals surface area (Å²) in [6.45, 7) is 4.57. The highest BCUT2D eigenvalue weighted by atomic mass is 16.4. The summed E-state index contributed by atoms with van der Waals surface area (Å²) in [5, 5.41) is 8.85. The predicted molar refractivity (Wildman–Crippen MR) is 62.7 cm³/mol. The van der Waals surface area contributed by atoms with Crippen molar-refractivity contribution in [1.82, 2.24) is 0 Å². The van der Waals surface area contributed by atoms with Gasteiger partial charge in [0.05, 0.1) is 5.92 Å². The fourth-order valence-electron chi connectivity index (χ4n) is 1.82. The van der Waals surface area contributed by atoms with E-state index >= 15 is 0 Å². The number of carboxylic acids is 1. The van der Waals surface area contributed by atoms with Crippen molar-refractivity contribution in [3.05, 3.63) is 0 Å². The van der Waals surface area contributed by atoms with Gasteiger partial charge in [0, 0.05) is 6.54 Å². The molecule has 0 heterocycles. The van der Waals surface area contributed by atoms with Crippen molar-refractivity contribution >= 4 is 5.97 Å². The topological polar surface area (TPSA) is 63.3 Å². The lowest BCUT2D eigenvalue weighted by Gasteiger charge is -2.15. The van der Waals surface area contributed by atoms with Crippen LogP contribution in [0, 0.1) is 11.8 Å². The molecule has 0 bridgehead atoms. The van der Waals surface area contributed by atoms with Crippen LogP contribution in [0.4, 0.5) is 0 Å². The molecule has 0 spiro atoms. The SMILES string of the molecule is CCCCCC[C@@H](C)C[C@H](CN)C(=O)O. The number of nitrogens with two attached hydrogens (primary N) is 1. The van der Waals surface area contributed by atoms with Crippen molar-refractivity contribution in [3.63, 3.8) is 0 Å². The van der Waals surface area contributed by atoms with Gasteiger partial charge in [0.1, 0.15) is 0 Å². The zero-order valence-corrected chi connectivity index (χ0v) is 10.0. The average Bonchev–Trinajstić information content (AvgIpc) is 2.20. The van der Waals surface area contributed by atoms with Gasteiger partial charge in [-0.05, 0) is 12.3 Å². The van der Waals surface area contributed by atoms with E-state index in [0.717, 1.165) is 12.8 Å². The van der Waals surface area contributed by atoms with E-state index in [0.29, 0.717) is 5.92 Å². The smallest absolute Gasteiger partial charge is 0.307 e. The number of rotatable bonds is 9. The number of hydrogen-bond donors (Lipinski definition) is 2. The van der Waals surface area contributed by atoms with Crippen LogP contribution < -0.4 is 5.73 Å². The van der Waals surface area contributed by atoms with Gasteiger partial charge in [-0.15, -0.1) is 0 Å². The summed E-state index contributed by atoms with van der Waals surface area (Å²) in [4.78, 5) is 10.8. The minimum atomic E-state index is -0.752. The van der Waals surface area contributed by atoms with Gasteiger partial charge in [-0.3, -0.25) is 4.79 Å². The first-order valence-corrected chi connectivity index (χ1v) is 6.04. The molecule has 0 unspecified atom stereocenters. The quantitative estimate of drug-likeness (QED) is 0.581. The minimum Gasteiger partial charge on any atom is -0.481 e. The Morgan fingerprint density at radius 3 is 2.47 bits per heavy atom. The molecule has 0 aromatic heterocycles. The van der Waals surface area contributed by atoms with Gasteiger partial charge in [0.15, 0.2) is 0 Å². The van der Waals surface area contributed by atoms with Crippen LogP contribution in [0.25, 0.3) is 0 Å². The van der Waals surface area contributed by atoms with Crippen molar-refractivity contribution in [1.29, 1.82) is 0 Å². The van der Waals surface area contributed by atoms with Crippen molar-refractivity contribution in [2.75, 3.05) is 6.54 Å². The number of hydrogen-bond acceptors (Lipinski definition) is 2. The van der Waals surface area contributed by atoms with E-state index in [1.807, 2.05) is 0 Å². The monoisotopic (exact) mass is 215 g/mol. The second-order valence-corrected chi connectivity index (χ2v) is 4.46. The number of aliphatic carboxylic acids is 1. The zero-order valence-electron chi connectivity index (χ0n) is 10.0. The van der Waals surface area contributed by atoms with Crippen molar-refractivity contribution in [2.45, 2.75) is 52.4 Å². The first kappa shape index (κ1) is 14.4. The molecule has 15 heavy (non-hydrogen) atoms. The molecule has 0 amide bonds. The van der Waals surface area contributed by atoms with Gasteiger partial charge in [0.2, 0.25) is 0 Å². The molecule has 0 aromatic carbocycles. The normalized spacial score (nSPS) is 14.9. The minimum absolute atomic E-state index is 0.259. The van der Waals surface area contributed by atoms with E-state index in [9.17, 15) is 4.79 Å². The number of carboxylic acid groups (broad SMARTS) is 1.